The second-order valence-electron chi connectivity index (χ2n) is 7.70. The number of aromatic nitrogens is 1. The summed E-state index contributed by atoms with van der Waals surface area (Å²) in [7, 11) is 1.57. The minimum atomic E-state index is -1.07. The summed E-state index contributed by atoms with van der Waals surface area (Å²) >= 11 is 0. The molecule has 0 spiro atoms. The van der Waals surface area contributed by atoms with Crippen molar-refractivity contribution in [1.29, 1.82) is 0 Å². The Hall–Kier alpha value is -4.06. The van der Waals surface area contributed by atoms with Gasteiger partial charge in [0.15, 0.2) is 0 Å². The van der Waals surface area contributed by atoms with Crippen molar-refractivity contribution in [3.63, 3.8) is 0 Å². The van der Waals surface area contributed by atoms with Crippen LogP contribution in [-0.2, 0) is 11.3 Å². The predicted octanol–water partition coefficient (Wildman–Crippen LogP) is 4.88. The average molecular weight is 428 g/mol. The van der Waals surface area contributed by atoms with E-state index < -0.39 is 12.5 Å². The number of carbonyl (C=O) groups excluding carboxylic acids is 1. The number of benzene rings is 3. The molecule has 3 aromatic carbocycles. The molecule has 32 heavy (non-hydrogen) atoms. The van der Waals surface area contributed by atoms with E-state index >= 15 is 0 Å². The lowest BCUT2D eigenvalue weighted by Gasteiger charge is -2.21. The molecule has 2 N–H and O–H groups in total. The number of aromatic amines is 1. The van der Waals surface area contributed by atoms with Crippen molar-refractivity contribution in [3.8, 4) is 16.9 Å². The Kier molecular flexibility index (Phi) is 5.94. The van der Waals surface area contributed by atoms with Gasteiger partial charge in [0.05, 0.1) is 7.11 Å². The summed E-state index contributed by atoms with van der Waals surface area (Å²) in [5.41, 5.74) is 4.73. The first-order chi connectivity index (χ1) is 15.5. The highest BCUT2D eigenvalue weighted by molar-refractivity contribution is 6.10. The fraction of sp³-hybridized carbons (Fsp3) is 0.154. The third-order valence-electron chi connectivity index (χ3n) is 5.35. The largest absolute Gasteiger partial charge is 0.497 e. The minimum Gasteiger partial charge on any atom is -0.497 e. The second-order valence-corrected chi connectivity index (χ2v) is 7.70. The Morgan fingerprint density at radius 2 is 1.78 bits per heavy atom. The topological polar surface area (TPSA) is 82.6 Å². The van der Waals surface area contributed by atoms with Crippen LogP contribution in [0.15, 0.2) is 72.8 Å². The zero-order valence-corrected chi connectivity index (χ0v) is 18.0. The molecule has 1 aromatic heterocycles. The van der Waals surface area contributed by atoms with Crippen molar-refractivity contribution < 1.29 is 19.4 Å². The number of methoxy groups -OCH3 is 1. The molecule has 0 radical (unpaired) electrons. The normalized spacial score (nSPS) is 10.8. The summed E-state index contributed by atoms with van der Waals surface area (Å²) in [4.78, 5) is 29.9. The third kappa shape index (κ3) is 4.34. The molecule has 6 heteroatoms. The molecular weight excluding hydrogens is 404 g/mol. The van der Waals surface area contributed by atoms with Crippen molar-refractivity contribution in [2.45, 2.75) is 13.5 Å². The molecule has 0 fully saturated rings. The molecule has 4 aromatic rings. The number of hydrogen-bond acceptors (Lipinski definition) is 3. The molecule has 0 atom stereocenters. The van der Waals surface area contributed by atoms with Crippen LogP contribution in [0.1, 0.15) is 21.6 Å². The quantitative estimate of drug-likeness (QED) is 0.440. The molecule has 4 rings (SSSR count). The number of amides is 1. The van der Waals surface area contributed by atoms with Gasteiger partial charge in [0.1, 0.15) is 18.0 Å². The van der Waals surface area contributed by atoms with E-state index in [1.165, 1.54) is 4.90 Å². The van der Waals surface area contributed by atoms with Gasteiger partial charge in [-0.3, -0.25) is 9.59 Å². The fourth-order valence-corrected chi connectivity index (χ4v) is 3.88. The highest BCUT2D eigenvalue weighted by atomic mass is 16.5. The third-order valence-corrected chi connectivity index (χ3v) is 5.35. The maximum absolute atomic E-state index is 13.7. The number of carbonyl (C=O) groups is 2. The second kappa shape index (κ2) is 8.98. The summed E-state index contributed by atoms with van der Waals surface area (Å²) < 4.78 is 5.26. The Labute approximate surface area is 186 Å². The minimum absolute atomic E-state index is 0.144. The van der Waals surface area contributed by atoms with E-state index in [2.05, 4.69) is 4.98 Å². The van der Waals surface area contributed by atoms with E-state index in [1.807, 2.05) is 67.6 Å². The lowest BCUT2D eigenvalue weighted by Crippen LogP contribution is -2.35. The predicted molar refractivity (Wildman–Crippen MR) is 124 cm³/mol. The average Bonchev–Trinajstić information content (AvgIpc) is 3.17. The summed E-state index contributed by atoms with van der Waals surface area (Å²) in [6.45, 7) is 1.73. The number of carboxylic acid groups (broad SMARTS) is 1. The summed E-state index contributed by atoms with van der Waals surface area (Å²) in [5, 5.41) is 10.4. The van der Waals surface area contributed by atoms with Gasteiger partial charge >= 0.3 is 5.97 Å². The highest BCUT2D eigenvalue weighted by Gasteiger charge is 2.25. The molecule has 1 heterocycles. The molecule has 0 unspecified atom stereocenters. The monoisotopic (exact) mass is 428 g/mol. The van der Waals surface area contributed by atoms with Gasteiger partial charge in [-0.15, -0.1) is 0 Å². The number of aliphatic carboxylic acids is 1. The van der Waals surface area contributed by atoms with E-state index in [9.17, 15) is 14.7 Å². The summed E-state index contributed by atoms with van der Waals surface area (Å²) in [6, 6.07) is 22.9. The lowest BCUT2D eigenvalue weighted by atomic mass is 10.00. The molecule has 6 nitrogen and oxygen atoms in total. The molecule has 0 bridgehead atoms. The van der Waals surface area contributed by atoms with Crippen LogP contribution < -0.4 is 4.74 Å². The van der Waals surface area contributed by atoms with Crippen LogP contribution >= 0.6 is 0 Å². The zero-order valence-electron chi connectivity index (χ0n) is 18.0. The standard InChI is InChI=1S/C26H24N2O4/c1-17-11-12-22-21(13-17)24(19-8-4-3-5-9-19)25(27-22)26(31)28(16-23(29)30)15-18-7-6-10-20(14-18)32-2/h3-14,27H,15-16H2,1-2H3,(H,29,30). The highest BCUT2D eigenvalue weighted by Crippen LogP contribution is 2.34. The fourth-order valence-electron chi connectivity index (χ4n) is 3.88. The van der Waals surface area contributed by atoms with Gasteiger partial charge in [0.25, 0.3) is 5.91 Å². The number of hydrogen-bond donors (Lipinski definition) is 2. The summed E-state index contributed by atoms with van der Waals surface area (Å²) in [5.74, 6) is -0.798. The van der Waals surface area contributed by atoms with Crippen molar-refractivity contribution in [2.75, 3.05) is 13.7 Å². The Bertz CT molecular complexity index is 1280. The van der Waals surface area contributed by atoms with Crippen molar-refractivity contribution in [2.24, 2.45) is 0 Å². The van der Waals surface area contributed by atoms with E-state index in [1.54, 1.807) is 19.2 Å². The lowest BCUT2D eigenvalue weighted by molar-refractivity contribution is -0.137. The number of nitrogens with one attached hydrogen (secondary N) is 1. The Morgan fingerprint density at radius 3 is 2.50 bits per heavy atom. The van der Waals surface area contributed by atoms with Crippen molar-refractivity contribution >= 4 is 22.8 Å². The molecular formula is C26H24N2O4. The Morgan fingerprint density at radius 1 is 1.00 bits per heavy atom. The molecule has 0 saturated heterocycles. The molecule has 0 aliphatic carbocycles. The number of ether oxygens (including phenoxy) is 1. The van der Waals surface area contributed by atoms with Gasteiger partial charge in [-0.25, -0.2) is 0 Å². The van der Waals surface area contributed by atoms with Crippen LogP contribution in [0.2, 0.25) is 0 Å². The molecule has 162 valence electrons. The van der Waals surface area contributed by atoms with Gasteiger partial charge in [-0.05, 0) is 42.3 Å². The van der Waals surface area contributed by atoms with E-state index in [0.29, 0.717) is 11.4 Å². The number of aryl methyl sites for hydroxylation is 1. The molecule has 0 aliphatic heterocycles. The van der Waals surface area contributed by atoms with Crippen molar-refractivity contribution in [3.05, 3.63) is 89.6 Å². The van der Waals surface area contributed by atoms with Crippen LogP contribution in [0.25, 0.3) is 22.0 Å². The van der Waals surface area contributed by atoms with Crippen LogP contribution in [0.5, 0.6) is 5.75 Å². The smallest absolute Gasteiger partial charge is 0.323 e. The number of fused-ring (bicyclic) bond motifs is 1. The van der Waals surface area contributed by atoms with Crippen LogP contribution in [0.4, 0.5) is 0 Å². The van der Waals surface area contributed by atoms with Gasteiger partial charge in [-0.2, -0.15) is 0 Å². The number of carboxylic acids is 1. The number of rotatable bonds is 7. The molecule has 0 aliphatic rings. The number of H-pyrrole nitrogens is 1. The number of nitrogens with zero attached hydrogens (tertiary/aromatic N) is 1. The van der Waals surface area contributed by atoms with Crippen LogP contribution in [0.3, 0.4) is 0 Å². The van der Waals surface area contributed by atoms with Crippen molar-refractivity contribution in [1.82, 2.24) is 9.88 Å². The maximum atomic E-state index is 13.7. The van der Waals surface area contributed by atoms with Crippen LogP contribution in [0, 0.1) is 6.92 Å². The van der Waals surface area contributed by atoms with Gasteiger partial charge in [0.2, 0.25) is 0 Å². The summed E-state index contributed by atoms with van der Waals surface area (Å²) in [6.07, 6.45) is 0. The zero-order chi connectivity index (χ0) is 22.7. The van der Waals surface area contributed by atoms with Crippen LogP contribution in [-0.4, -0.2) is 40.5 Å². The first-order valence-electron chi connectivity index (χ1n) is 10.3. The van der Waals surface area contributed by atoms with E-state index in [4.69, 9.17) is 4.74 Å². The van der Waals surface area contributed by atoms with E-state index in [0.717, 1.165) is 33.2 Å². The van der Waals surface area contributed by atoms with Gasteiger partial charge in [0, 0.05) is 23.0 Å². The van der Waals surface area contributed by atoms with E-state index in [-0.39, 0.29) is 12.5 Å². The Balaban J connectivity index is 1.81. The molecule has 0 saturated carbocycles. The first-order valence-corrected chi connectivity index (χ1v) is 10.3. The van der Waals surface area contributed by atoms with Gasteiger partial charge < -0.3 is 19.7 Å². The first kappa shape index (κ1) is 21.2. The maximum Gasteiger partial charge on any atom is 0.323 e. The molecule has 1 amide bonds. The SMILES string of the molecule is COc1cccc(CN(CC(=O)O)C(=O)c2[nH]c3ccc(C)cc3c2-c2ccccc2)c1. The van der Waals surface area contributed by atoms with Gasteiger partial charge in [-0.1, -0.05) is 54.1 Å².